The minimum atomic E-state index is 0. The average Bonchev–Trinajstić information content (AvgIpc) is 3.03. The Morgan fingerprint density at radius 2 is 1.96 bits per heavy atom. The van der Waals surface area contributed by atoms with Gasteiger partial charge in [-0.1, -0.05) is 12.1 Å². The third kappa shape index (κ3) is 3.83. The molecule has 0 spiro atoms. The summed E-state index contributed by atoms with van der Waals surface area (Å²) in [5.74, 6) is 1.36. The first-order valence-corrected chi connectivity index (χ1v) is 8.73. The number of hydrogen-bond acceptors (Lipinski definition) is 6. The summed E-state index contributed by atoms with van der Waals surface area (Å²) in [6.45, 7) is 3.37. The van der Waals surface area contributed by atoms with Crippen molar-refractivity contribution in [2.75, 3.05) is 12.4 Å². The second-order valence-corrected chi connectivity index (χ2v) is 6.69. The molecular weight excluding hydrogens is 378 g/mol. The Labute approximate surface area is 169 Å². The molecule has 1 aliphatic heterocycles. The van der Waals surface area contributed by atoms with Crippen molar-refractivity contribution in [3.8, 4) is 11.3 Å². The van der Waals surface area contributed by atoms with Gasteiger partial charge in [0.15, 0.2) is 5.82 Å². The summed E-state index contributed by atoms with van der Waals surface area (Å²) in [5, 5.41) is 7.66. The van der Waals surface area contributed by atoms with Crippen LogP contribution in [0.5, 0.6) is 0 Å². The monoisotopic (exact) mass is 399 g/mol. The van der Waals surface area contributed by atoms with Gasteiger partial charge < -0.3 is 16.0 Å². The van der Waals surface area contributed by atoms with Crippen LogP contribution in [0.1, 0.15) is 16.8 Å². The first-order valence-electron chi connectivity index (χ1n) is 8.73. The highest BCUT2D eigenvalue weighted by Gasteiger charge is 2.21. The third-order valence-electron chi connectivity index (χ3n) is 4.75. The molecule has 0 fully saturated rings. The highest BCUT2D eigenvalue weighted by atomic mass is 35.5. The Morgan fingerprint density at radius 3 is 2.71 bits per heavy atom. The lowest BCUT2D eigenvalue weighted by Crippen LogP contribution is -2.36. The Bertz CT molecular complexity index is 1020. The molecule has 1 aliphatic rings. The number of amides is 1. The van der Waals surface area contributed by atoms with Crippen molar-refractivity contribution in [1.29, 1.82) is 0 Å². The number of anilines is 2. The topological polar surface area (TPSA) is 102 Å². The van der Waals surface area contributed by atoms with Gasteiger partial charge in [-0.05, 0) is 24.1 Å². The van der Waals surface area contributed by atoms with Crippen LogP contribution in [0.3, 0.4) is 0 Å². The van der Waals surface area contributed by atoms with Crippen molar-refractivity contribution in [3.63, 3.8) is 0 Å². The number of likely N-dealkylation sites (N-methyl/N-ethyl adjacent to an activating group) is 1. The predicted molar refractivity (Wildman–Crippen MR) is 109 cm³/mol. The van der Waals surface area contributed by atoms with Gasteiger partial charge in [0.2, 0.25) is 5.91 Å². The van der Waals surface area contributed by atoms with Crippen LogP contribution in [-0.4, -0.2) is 37.6 Å². The van der Waals surface area contributed by atoms with E-state index in [9.17, 15) is 4.79 Å². The van der Waals surface area contributed by atoms with Crippen LogP contribution >= 0.6 is 12.4 Å². The fourth-order valence-corrected chi connectivity index (χ4v) is 3.16. The Morgan fingerprint density at radius 1 is 1.14 bits per heavy atom. The van der Waals surface area contributed by atoms with Crippen molar-refractivity contribution in [2.45, 2.75) is 26.6 Å². The SMILES string of the molecule is Cc1cc(-c2cc(Nc3cc4n(n3)CC(=O)N(C)C4)ncn2)ccc1CN.Cl. The number of nitrogens with one attached hydrogen (secondary N) is 1. The van der Waals surface area contributed by atoms with Crippen LogP contribution in [0.4, 0.5) is 11.6 Å². The van der Waals surface area contributed by atoms with E-state index in [1.54, 1.807) is 16.6 Å². The van der Waals surface area contributed by atoms with Gasteiger partial charge in [-0.25, -0.2) is 9.97 Å². The largest absolute Gasteiger partial charge is 0.338 e. The quantitative estimate of drug-likeness (QED) is 0.697. The van der Waals surface area contributed by atoms with Crippen LogP contribution in [0.25, 0.3) is 11.3 Å². The van der Waals surface area contributed by atoms with Crippen LogP contribution in [0, 0.1) is 6.92 Å². The van der Waals surface area contributed by atoms with Gasteiger partial charge in [0.25, 0.3) is 0 Å². The van der Waals surface area contributed by atoms with Gasteiger partial charge in [-0.3, -0.25) is 9.48 Å². The van der Waals surface area contributed by atoms with Crippen molar-refractivity contribution < 1.29 is 4.79 Å². The molecule has 3 heterocycles. The zero-order chi connectivity index (χ0) is 19.0. The molecule has 3 N–H and O–H groups in total. The summed E-state index contributed by atoms with van der Waals surface area (Å²) >= 11 is 0. The fraction of sp³-hybridized carbons (Fsp3) is 0.263. The van der Waals surface area contributed by atoms with E-state index in [1.807, 2.05) is 31.2 Å². The lowest BCUT2D eigenvalue weighted by molar-refractivity contribution is -0.132. The maximum atomic E-state index is 11.8. The van der Waals surface area contributed by atoms with Crippen LogP contribution in [-0.2, 0) is 24.4 Å². The number of fused-ring (bicyclic) bond motifs is 1. The Hall–Kier alpha value is -2.97. The van der Waals surface area contributed by atoms with Crippen molar-refractivity contribution in [3.05, 3.63) is 53.5 Å². The van der Waals surface area contributed by atoms with Crippen molar-refractivity contribution in [1.82, 2.24) is 24.6 Å². The number of carbonyl (C=O) groups excluding carboxylic acids is 1. The smallest absolute Gasteiger partial charge is 0.244 e. The molecule has 0 saturated carbocycles. The standard InChI is InChI=1S/C19H21N7O.ClH/c1-12-5-13(3-4-14(12)8-20)16-7-17(22-11-21-16)23-18-6-15-9-25(2)19(27)10-26(15)24-18;/h3-7,11H,8-10,20H2,1-2H3,(H,21,22,23,24);1H. The summed E-state index contributed by atoms with van der Waals surface area (Å²) in [4.78, 5) is 22.2. The number of halogens is 1. The zero-order valence-electron chi connectivity index (χ0n) is 15.7. The Balaban J connectivity index is 0.00000225. The van der Waals surface area contributed by atoms with E-state index in [2.05, 4.69) is 26.4 Å². The number of rotatable bonds is 4. The highest BCUT2D eigenvalue weighted by molar-refractivity contribution is 5.85. The molecule has 0 saturated heterocycles. The predicted octanol–water partition coefficient (Wildman–Crippen LogP) is 2.24. The fourth-order valence-electron chi connectivity index (χ4n) is 3.16. The highest BCUT2D eigenvalue weighted by Crippen LogP contribution is 2.24. The van der Waals surface area contributed by atoms with Gasteiger partial charge in [0.1, 0.15) is 18.7 Å². The summed E-state index contributed by atoms with van der Waals surface area (Å²) < 4.78 is 1.72. The van der Waals surface area contributed by atoms with E-state index in [-0.39, 0.29) is 24.9 Å². The van der Waals surface area contributed by atoms with E-state index >= 15 is 0 Å². The van der Waals surface area contributed by atoms with Gasteiger partial charge in [-0.2, -0.15) is 5.10 Å². The molecule has 146 valence electrons. The van der Waals surface area contributed by atoms with Gasteiger partial charge in [0, 0.05) is 31.3 Å². The minimum Gasteiger partial charge on any atom is -0.338 e. The molecule has 0 aliphatic carbocycles. The maximum absolute atomic E-state index is 11.8. The first kappa shape index (κ1) is 19.8. The van der Waals surface area contributed by atoms with E-state index in [0.717, 1.165) is 28.1 Å². The maximum Gasteiger partial charge on any atom is 0.244 e. The normalized spacial score (nSPS) is 13.1. The van der Waals surface area contributed by atoms with E-state index < -0.39 is 0 Å². The summed E-state index contributed by atoms with van der Waals surface area (Å²) in [6, 6.07) is 9.93. The van der Waals surface area contributed by atoms with Crippen LogP contribution in [0.15, 0.2) is 36.7 Å². The van der Waals surface area contributed by atoms with E-state index in [1.165, 1.54) is 6.33 Å². The molecule has 0 unspecified atom stereocenters. The summed E-state index contributed by atoms with van der Waals surface area (Å²) in [7, 11) is 1.79. The van der Waals surface area contributed by atoms with Crippen molar-refractivity contribution in [2.24, 2.45) is 5.73 Å². The lowest BCUT2D eigenvalue weighted by atomic mass is 10.0. The third-order valence-corrected chi connectivity index (χ3v) is 4.75. The zero-order valence-corrected chi connectivity index (χ0v) is 16.5. The number of aromatic nitrogens is 4. The van der Waals surface area contributed by atoms with Gasteiger partial charge in [0.05, 0.1) is 17.9 Å². The molecule has 1 aromatic carbocycles. The number of carbonyl (C=O) groups is 1. The molecule has 1 amide bonds. The van der Waals surface area contributed by atoms with E-state index in [4.69, 9.17) is 5.73 Å². The van der Waals surface area contributed by atoms with Crippen molar-refractivity contribution >= 4 is 29.9 Å². The molecule has 8 nitrogen and oxygen atoms in total. The molecule has 3 aromatic rings. The number of benzene rings is 1. The number of nitrogens with zero attached hydrogens (tertiary/aromatic N) is 5. The summed E-state index contributed by atoms with van der Waals surface area (Å²) in [6.07, 6.45) is 1.52. The average molecular weight is 400 g/mol. The summed E-state index contributed by atoms with van der Waals surface area (Å²) in [5.41, 5.74) is 10.8. The minimum absolute atomic E-state index is 0. The molecule has 0 radical (unpaired) electrons. The molecule has 4 rings (SSSR count). The molecular formula is C19H22ClN7O. The molecule has 28 heavy (non-hydrogen) atoms. The van der Waals surface area contributed by atoms with Crippen LogP contribution in [0.2, 0.25) is 0 Å². The Kier molecular flexibility index (Phi) is 5.62. The second-order valence-electron chi connectivity index (χ2n) is 6.69. The van der Waals surface area contributed by atoms with E-state index in [0.29, 0.717) is 24.7 Å². The molecule has 0 bridgehead atoms. The number of nitrogens with two attached hydrogens (primary N) is 1. The molecule has 2 aromatic heterocycles. The van der Waals surface area contributed by atoms with Gasteiger partial charge in [-0.15, -0.1) is 12.4 Å². The van der Waals surface area contributed by atoms with Gasteiger partial charge >= 0.3 is 0 Å². The second kappa shape index (κ2) is 7.95. The first-order chi connectivity index (χ1) is 13.0. The molecule has 9 heteroatoms. The number of hydrogen-bond donors (Lipinski definition) is 2. The lowest BCUT2D eigenvalue weighted by Gasteiger charge is -2.22. The van der Waals surface area contributed by atoms with Crippen LogP contribution < -0.4 is 11.1 Å². The molecule has 0 atom stereocenters. The number of aryl methyl sites for hydroxylation is 1.